The van der Waals surface area contributed by atoms with Crippen LogP contribution in [0.5, 0.6) is 0 Å². The van der Waals surface area contributed by atoms with Crippen LogP contribution in [0.4, 0.5) is 30.7 Å². The fourth-order valence-corrected chi connectivity index (χ4v) is 7.22. The second kappa shape index (κ2) is 10.2. The number of hydrogen-bond acceptors (Lipinski definition) is 8. The summed E-state index contributed by atoms with van der Waals surface area (Å²) in [4.78, 5) is 26.8. The lowest BCUT2D eigenvalue weighted by atomic mass is 9.63. The molecular weight excluding hydrogens is 599 g/mol. The molecule has 0 aromatic carbocycles. The second-order valence-corrected chi connectivity index (χ2v) is 11.1. The van der Waals surface area contributed by atoms with Gasteiger partial charge >= 0.3 is 12.5 Å². The molecule has 42 heavy (non-hydrogen) atoms. The average Bonchev–Trinajstić information content (AvgIpc) is 3.12. The van der Waals surface area contributed by atoms with E-state index in [-0.39, 0.29) is 15.6 Å². The third-order valence-electron chi connectivity index (χ3n) is 7.02. The number of rotatable bonds is 5. The molecule has 0 saturated carbocycles. The van der Waals surface area contributed by atoms with Crippen molar-refractivity contribution < 1.29 is 43.9 Å². The monoisotopic (exact) mass is 617 g/mol. The minimum absolute atomic E-state index is 0.154. The standard InChI is InChI=1S/C24H18F7N7O3S/c1-13-18(25)21(2,14-5-7-33-8-6-14)22(20(39)37-24(29,30)31,15-10-35-19(36-11-15)23(26,27)28)38(13)42(40,41)17-4-3-16(9-32)34-12-17/h3-8,10-13,18H,1-2H3,(H,37,39)/t13-,18-,21?,22+/m0/s1. The molecule has 0 radical (unpaired) electrons. The molecule has 1 amide bonds. The van der Waals surface area contributed by atoms with Crippen molar-refractivity contribution in [3.05, 3.63) is 77.9 Å². The molecule has 1 N–H and O–H groups in total. The van der Waals surface area contributed by atoms with Crippen LogP contribution in [0.3, 0.4) is 0 Å². The molecule has 222 valence electrons. The summed E-state index contributed by atoms with van der Waals surface area (Å²) in [6, 6.07) is 3.80. The van der Waals surface area contributed by atoms with Gasteiger partial charge in [0.05, 0.1) is 11.5 Å². The molecule has 10 nitrogen and oxygen atoms in total. The predicted molar refractivity (Wildman–Crippen MR) is 127 cm³/mol. The normalized spacial score (nSPS) is 25.1. The quantitative estimate of drug-likeness (QED) is 0.339. The van der Waals surface area contributed by atoms with Crippen molar-refractivity contribution in [1.82, 2.24) is 29.6 Å². The van der Waals surface area contributed by atoms with Gasteiger partial charge < -0.3 is 0 Å². The lowest BCUT2D eigenvalue weighted by Crippen LogP contribution is -2.65. The summed E-state index contributed by atoms with van der Waals surface area (Å²) in [5.41, 5.74) is -7.20. The Morgan fingerprint density at radius 3 is 2.07 bits per heavy atom. The van der Waals surface area contributed by atoms with Gasteiger partial charge in [-0.1, -0.05) is 0 Å². The van der Waals surface area contributed by atoms with Gasteiger partial charge in [-0.25, -0.2) is 27.8 Å². The molecule has 4 rings (SSSR count). The summed E-state index contributed by atoms with van der Waals surface area (Å²) in [5.74, 6) is -3.90. The molecule has 3 aromatic heterocycles. The number of alkyl halides is 7. The van der Waals surface area contributed by atoms with Crippen LogP contribution < -0.4 is 5.32 Å². The predicted octanol–water partition coefficient (Wildman–Crippen LogP) is 3.38. The Balaban J connectivity index is 2.16. The van der Waals surface area contributed by atoms with Crippen LogP contribution in [0.25, 0.3) is 0 Å². The molecule has 4 heterocycles. The van der Waals surface area contributed by atoms with Crippen molar-refractivity contribution in [2.75, 3.05) is 0 Å². The highest BCUT2D eigenvalue weighted by Crippen LogP contribution is 2.59. The van der Waals surface area contributed by atoms with Crippen LogP contribution in [-0.2, 0) is 31.9 Å². The molecule has 3 aromatic rings. The zero-order valence-electron chi connectivity index (χ0n) is 21.3. The Bertz CT molecular complexity index is 1630. The van der Waals surface area contributed by atoms with E-state index in [0.29, 0.717) is 18.6 Å². The number of nitrogens with zero attached hydrogens (tertiary/aromatic N) is 6. The van der Waals surface area contributed by atoms with Crippen LogP contribution >= 0.6 is 0 Å². The van der Waals surface area contributed by atoms with E-state index in [9.17, 15) is 39.6 Å². The zero-order chi connectivity index (χ0) is 31.3. The van der Waals surface area contributed by atoms with Gasteiger partial charge in [0, 0.05) is 36.5 Å². The van der Waals surface area contributed by atoms with Crippen molar-refractivity contribution in [2.24, 2.45) is 0 Å². The highest BCUT2D eigenvalue weighted by molar-refractivity contribution is 7.89. The van der Waals surface area contributed by atoms with Crippen molar-refractivity contribution in [3.63, 3.8) is 0 Å². The fourth-order valence-electron chi connectivity index (χ4n) is 5.29. The van der Waals surface area contributed by atoms with Crippen molar-refractivity contribution in [1.29, 1.82) is 5.26 Å². The van der Waals surface area contributed by atoms with Crippen LogP contribution in [0.1, 0.15) is 36.5 Å². The SMILES string of the molecule is C[C@H]1[C@H](F)C(C)(c2ccncc2)[C@](C(=O)NC(F)(F)F)(c2cnc(C(F)(F)F)nc2)N1S(=O)(=O)c1ccc(C#N)nc1. The minimum Gasteiger partial charge on any atom is -0.272 e. The maximum Gasteiger partial charge on any atom is 0.484 e. The molecule has 18 heteroatoms. The van der Waals surface area contributed by atoms with Crippen LogP contribution in [0, 0.1) is 11.3 Å². The smallest absolute Gasteiger partial charge is 0.272 e. The number of halogens is 7. The van der Waals surface area contributed by atoms with Crippen molar-refractivity contribution in [3.8, 4) is 6.07 Å². The Kier molecular flexibility index (Phi) is 7.49. The largest absolute Gasteiger partial charge is 0.484 e. The summed E-state index contributed by atoms with van der Waals surface area (Å²) >= 11 is 0. The van der Waals surface area contributed by atoms with E-state index in [4.69, 9.17) is 5.26 Å². The summed E-state index contributed by atoms with van der Waals surface area (Å²) in [6.07, 6.45) is -9.54. The number of nitrogens with one attached hydrogen (secondary N) is 1. The number of sulfonamides is 1. The van der Waals surface area contributed by atoms with Gasteiger partial charge in [0.1, 0.15) is 22.8 Å². The van der Waals surface area contributed by atoms with Gasteiger partial charge in [-0.15, -0.1) is 0 Å². The number of hydrogen-bond donors (Lipinski definition) is 1. The number of nitriles is 1. The van der Waals surface area contributed by atoms with Crippen LogP contribution in [0.15, 0.2) is 60.1 Å². The van der Waals surface area contributed by atoms with E-state index < -0.39 is 67.9 Å². The highest BCUT2D eigenvalue weighted by atomic mass is 32.2. The number of carbonyl (C=O) groups excluding carboxylic acids is 1. The third-order valence-corrected chi connectivity index (χ3v) is 8.98. The minimum atomic E-state index is -5.50. The third kappa shape index (κ3) is 4.71. The highest BCUT2D eigenvalue weighted by Gasteiger charge is 2.74. The first-order chi connectivity index (χ1) is 19.4. The fraction of sp³-hybridized carbons (Fsp3) is 0.333. The van der Waals surface area contributed by atoms with Gasteiger partial charge in [-0.3, -0.25) is 15.1 Å². The molecule has 1 aliphatic heterocycles. The lowest BCUT2D eigenvalue weighted by Gasteiger charge is -2.46. The summed E-state index contributed by atoms with van der Waals surface area (Å²) in [6.45, 7) is 1.94. The zero-order valence-corrected chi connectivity index (χ0v) is 22.1. The number of carbonyl (C=O) groups is 1. The average molecular weight is 618 g/mol. The van der Waals surface area contributed by atoms with Gasteiger partial charge in [-0.2, -0.15) is 35.9 Å². The van der Waals surface area contributed by atoms with E-state index in [1.54, 1.807) is 6.07 Å². The molecule has 0 bridgehead atoms. The van der Waals surface area contributed by atoms with Crippen molar-refractivity contribution >= 4 is 15.9 Å². The Morgan fingerprint density at radius 2 is 1.60 bits per heavy atom. The van der Waals surface area contributed by atoms with Crippen molar-refractivity contribution in [2.45, 2.75) is 54.4 Å². The maximum absolute atomic E-state index is 16.6. The molecular formula is C24H18F7N7O3S. The second-order valence-electron chi connectivity index (χ2n) is 9.33. The number of pyridine rings is 2. The summed E-state index contributed by atoms with van der Waals surface area (Å²) < 4.78 is 126. The van der Waals surface area contributed by atoms with E-state index >= 15 is 4.39 Å². The summed E-state index contributed by atoms with van der Waals surface area (Å²) in [7, 11) is -5.22. The molecule has 1 unspecified atom stereocenters. The van der Waals surface area contributed by atoms with Gasteiger partial charge in [0.15, 0.2) is 5.54 Å². The Morgan fingerprint density at radius 1 is 1.00 bits per heavy atom. The molecule has 1 fully saturated rings. The van der Waals surface area contributed by atoms with Crippen LogP contribution in [0.2, 0.25) is 0 Å². The molecule has 1 saturated heterocycles. The van der Waals surface area contributed by atoms with E-state index in [1.165, 1.54) is 0 Å². The van der Waals surface area contributed by atoms with Gasteiger partial charge in [-0.05, 0) is 43.7 Å². The van der Waals surface area contributed by atoms with Crippen LogP contribution in [-0.4, -0.2) is 57.1 Å². The van der Waals surface area contributed by atoms with Gasteiger partial charge in [0.2, 0.25) is 15.8 Å². The molecule has 0 aliphatic carbocycles. The number of amides is 1. The van der Waals surface area contributed by atoms with E-state index in [0.717, 1.165) is 55.8 Å². The maximum atomic E-state index is 16.6. The number of aromatic nitrogens is 4. The molecule has 0 spiro atoms. The Hall–Kier alpha value is -4.24. The lowest BCUT2D eigenvalue weighted by molar-refractivity contribution is -0.177. The first-order valence-corrected chi connectivity index (χ1v) is 13.1. The first-order valence-electron chi connectivity index (χ1n) is 11.7. The van der Waals surface area contributed by atoms with E-state index in [2.05, 4.69) is 19.9 Å². The first kappa shape index (κ1) is 30.7. The summed E-state index contributed by atoms with van der Waals surface area (Å²) in [5, 5.41) is 9.75. The van der Waals surface area contributed by atoms with Gasteiger partial charge in [0.25, 0.3) is 5.91 Å². The molecule has 1 aliphatic rings. The Labute approximate surface area is 233 Å². The topological polar surface area (TPSA) is 142 Å². The van der Waals surface area contributed by atoms with E-state index in [1.807, 2.05) is 0 Å². The molecule has 4 atom stereocenters.